The number of halogens is 4. The Hall–Kier alpha value is -2.88. The molecule has 0 bridgehead atoms. The molecule has 3 aromatic rings. The molecule has 1 amide bonds. The van der Waals surface area contributed by atoms with Gasteiger partial charge in [-0.1, -0.05) is 36.0 Å². The molecule has 1 aromatic heterocycles. The van der Waals surface area contributed by atoms with Crippen LogP contribution in [0.5, 0.6) is 0 Å². The minimum absolute atomic E-state index is 0.0729. The molecule has 0 spiro atoms. The summed E-state index contributed by atoms with van der Waals surface area (Å²) in [5.74, 6) is -1.60. The Morgan fingerprint density at radius 3 is 2.48 bits per heavy atom. The molecule has 0 aliphatic carbocycles. The Morgan fingerprint density at radius 1 is 1.10 bits per heavy atom. The van der Waals surface area contributed by atoms with E-state index in [0.717, 1.165) is 11.8 Å². The summed E-state index contributed by atoms with van der Waals surface area (Å²) in [5, 5.41) is 2.32. The predicted molar refractivity (Wildman–Crippen MR) is 101 cm³/mol. The first-order valence-electron chi connectivity index (χ1n) is 8.43. The van der Waals surface area contributed by atoms with Crippen LogP contribution in [0.3, 0.4) is 0 Å². The zero-order chi connectivity index (χ0) is 21.0. The van der Waals surface area contributed by atoms with E-state index < -0.39 is 24.4 Å². The van der Waals surface area contributed by atoms with Gasteiger partial charge in [-0.3, -0.25) is 14.2 Å². The van der Waals surface area contributed by atoms with Gasteiger partial charge in [-0.05, 0) is 29.8 Å². The normalized spacial score (nSPS) is 11.6. The minimum Gasteiger partial charge on any atom is -0.346 e. The summed E-state index contributed by atoms with van der Waals surface area (Å²) >= 11 is 0.856. The Bertz CT molecular complexity index is 1080. The SMILES string of the molecule is O=C(CSc1nc2ccccc2c(=O)n1Cc1ccc(F)cc1)NCC(F)(F)F. The van der Waals surface area contributed by atoms with Crippen LogP contribution in [-0.2, 0) is 11.3 Å². The fraction of sp³-hybridized carbons (Fsp3) is 0.211. The number of hydrogen-bond donors (Lipinski definition) is 1. The number of benzene rings is 2. The number of hydrogen-bond acceptors (Lipinski definition) is 4. The van der Waals surface area contributed by atoms with Gasteiger partial charge in [0.15, 0.2) is 5.16 Å². The third kappa shape index (κ3) is 5.57. The van der Waals surface area contributed by atoms with Crippen molar-refractivity contribution in [3.8, 4) is 0 Å². The maximum absolute atomic E-state index is 13.1. The Labute approximate surface area is 166 Å². The van der Waals surface area contributed by atoms with Crippen molar-refractivity contribution in [1.82, 2.24) is 14.9 Å². The van der Waals surface area contributed by atoms with Crippen molar-refractivity contribution >= 4 is 28.6 Å². The lowest BCUT2D eigenvalue weighted by molar-refractivity contribution is -0.136. The van der Waals surface area contributed by atoms with E-state index >= 15 is 0 Å². The van der Waals surface area contributed by atoms with Gasteiger partial charge in [-0.15, -0.1) is 0 Å². The second-order valence-corrected chi connectivity index (χ2v) is 7.05. The zero-order valence-corrected chi connectivity index (χ0v) is 15.7. The van der Waals surface area contributed by atoms with Gasteiger partial charge in [0.2, 0.25) is 5.91 Å². The van der Waals surface area contributed by atoms with Gasteiger partial charge >= 0.3 is 6.18 Å². The van der Waals surface area contributed by atoms with Gasteiger partial charge in [0.1, 0.15) is 12.4 Å². The molecule has 10 heteroatoms. The lowest BCUT2D eigenvalue weighted by Crippen LogP contribution is -2.35. The largest absolute Gasteiger partial charge is 0.405 e. The Balaban J connectivity index is 1.89. The highest BCUT2D eigenvalue weighted by molar-refractivity contribution is 7.99. The quantitative estimate of drug-likeness (QED) is 0.374. The molecule has 152 valence electrons. The molecular formula is C19H15F4N3O2S. The van der Waals surface area contributed by atoms with Crippen LogP contribution in [0.4, 0.5) is 17.6 Å². The third-order valence-electron chi connectivity index (χ3n) is 3.90. The van der Waals surface area contributed by atoms with Crippen molar-refractivity contribution in [2.75, 3.05) is 12.3 Å². The van der Waals surface area contributed by atoms with E-state index in [2.05, 4.69) is 4.98 Å². The van der Waals surface area contributed by atoms with E-state index in [1.54, 1.807) is 29.6 Å². The molecule has 0 saturated carbocycles. The maximum atomic E-state index is 13.1. The number of alkyl halides is 3. The van der Waals surface area contributed by atoms with Crippen molar-refractivity contribution in [1.29, 1.82) is 0 Å². The fourth-order valence-electron chi connectivity index (χ4n) is 2.55. The number of fused-ring (bicyclic) bond motifs is 1. The van der Waals surface area contributed by atoms with Crippen LogP contribution in [0.15, 0.2) is 58.5 Å². The van der Waals surface area contributed by atoms with Crippen LogP contribution in [-0.4, -0.2) is 33.9 Å². The number of thioether (sulfide) groups is 1. The van der Waals surface area contributed by atoms with Crippen LogP contribution in [0, 0.1) is 5.82 Å². The first-order valence-corrected chi connectivity index (χ1v) is 9.42. The highest BCUT2D eigenvalue weighted by Gasteiger charge is 2.27. The van der Waals surface area contributed by atoms with Gasteiger partial charge in [-0.25, -0.2) is 9.37 Å². The number of nitrogens with zero attached hydrogens (tertiary/aromatic N) is 2. The minimum atomic E-state index is -4.51. The van der Waals surface area contributed by atoms with Gasteiger partial charge in [0.05, 0.1) is 23.2 Å². The fourth-order valence-corrected chi connectivity index (χ4v) is 3.38. The highest BCUT2D eigenvalue weighted by Crippen LogP contribution is 2.19. The molecule has 5 nitrogen and oxygen atoms in total. The molecule has 0 aliphatic heterocycles. The van der Waals surface area contributed by atoms with E-state index in [0.29, 0.717) is 16.5 Å². The second kappa shape index (κ2) is 8.64. The monoisotopic (exact) mass is 425 g/mol. The molecule has 29 heavy (non-hydrogen) atoms. The molecule has 0 atom stereocenters. The van der Waals surface area contributed by atoms with E-state index in [1.165, 1.54) is 28.8 Å². The Morgan fingerprint density at radius 2 is 1.79 bits per heavy atom. The molecular weight excluding hydrogens is 410 g/mol. The smallest absolute Gasteiger partial charge is 0.346 e. The molecule has 0 fully saturated rings. The van der Waals surface area contributed by atoms with Crippen LogP contribution in [0.25, 0.3) is 10.9 Å². The van der Waals surface area contributed by atoms with Gasteiger partial charge in [0.25, 0.3) is 5.56 Å². The molecule has 0 aliphatic rings. The number of amides is 1. The average molecular weight is 425 g/mol. The highest BCUT2D eigenvalue weighted by atomic mass is 32.2. The lowest BCUT2D eigenvalue weighted by atomic mass is 10.2. The number of carbonyl (C=O) groups excluding carboxylic acids is 1. The van der Waals surface area contributed by atoms with Crippen LogP contribution >= 0.6 is 11.8 Å². The average Bonchev–Trinajstić information content (AvgIpc) is 2.68. The first-order chi connectivity index (χ1) is 13.7. The number of carbonyl (C=O) groups is 1. The third-order valence-corrected chi connectivity index (χ3v) is 4.88. The molecule has 1 heterocycles. The standard InChI is InChI=1S/C19H15F4N3O2S/c20-13-7-5-12(6-8-13)9-26-17(28)14-3-1-2-4-15(14)25-18(26)29-10-16(27)24-11-19(21,22)23/h1-8H,9-11H2,(H,24,27). The van der Waals surface area contributed by atoms with Crippen molar-refractivity contribution in [3.05, 3.63) is 70.3 Å². The van der Waals surface area contributed by atoms with Crippen LogP contribution in [0.1, 0.15) is 5.56 Å². The molecule has 0 saturated heterocycles. The van der Waals surface area contributed by atoms with Crippen molar-refractivity contribution in [2.24, 2.45) is 0 Å². The molecule has 1 N–H and O–H groups in total. The second-order valence-electron chi connectivity index (χ2n) is 6.11. The summed E-state index contributed by atoms with van der Waals surface area (Å²) < 4.78 is 51.2. The number of para-hydroxylation sites is 1. The van der Waals surface area contributed by atoms with Crippen LogP contribution < -0.4 is 10.9 Å². The van der Waals surface area contributed by atoms with E-state index in [-0.39, 0.29) is 23.0 Å². The van der Waals surface area contributed by atoms with E-state index in [1.807, 2.05) is 0 Å². The number of nitrogens with one attached hydrogen (secondary N) is 1. The van der Waals surface area contributed by atoms with Gasteiger partial charge < -0.3 is 5.32 Å². The van der Waals surface area contributed by atoms with Gasteiger partial charge in [-0.2, -0.15) is 13.2 Å². The summed E-state index contributed by atoms with van der Waals surface area (Å²) in [4.78, 5) is 29.0. The van der Waals surface area contributed by atoms with Gasteiger partial charge in [0, 0.05) is 0 Å². The molecule has 3 rings (SSSR count). The summed E-state index contributed by atoms with van der Waals surface area (Å²) in [5.41, 5.74) is 0.679. The van der Waals surface area contributed by atoms with E-state index in [4.69, 9.17) is 0 Å². The summed E-state index contributed by atoms with van der Waals surface area (Å²) in [7, 11) is 0. The predicted octanol–water partition coefficient (Wildman–Crippen LogP) is 3.35. The van der Waals surface area contributed by atoms with Crippen molar-refractivity contribution in [2.45, 2.75) is 17.9 Å². The Kier molecular flexibility index (Phi) is 6.21. The topological polar surface area (TPSA) is 64.0 Å². The maximum Gasteiger partial charge on any atom is 0.405 e. The molecule has 0 radical (unpaired) electrons. The van der Waals surface area contributed by atoms with E-state index in [9.17, 15) is 27.2 Å². The first kappa shape index (κ1) is 20.8. The van der Waals surface area contributed by atoms with Crippen molar-refractivity contribution < 1.29 is 22.4 Å². The lowest BCUT2D eigenvalue weighted by Gasteiger charge is -2.13. The summed E-state index contributed by atoms with van der Waals surface area (Å²) in [6, 6.07) is 12.2. The number of aromatic nitrogens is 2. The summed E-state index contributed by atoms with van der Waals surface area (Å²) in [6.45, 7) is -1.36. The van der Waals surface area contributed by atoms with Crippen LogP contribution in [0.2, 0.25) is 0 Å². The molecule has 2 aromatic carbocycles. The molecule has 0 unspecified atom stereocenters. The number of rotatable bonds is 6. The summed E-state index contributed by atoms with van der Waals surface area (Å²) in [6.07, 6.45) is -4.51. The zero-order valence-electron chi connectivity index (χ0n) is 14.9. The van der Waals surface area contributed by atoms with Crippen molar-refractivity contribution in [3.63, 3.8) is 0 Å².